The summed E-state index contributed by atoms with van der Waals surface area (Å²) >= 11 is 13.2. The largest absolute Gasteiger partial charge is 0.399 e. The minimum Gasteiger partial charge on any atom is -0.399 e. The molecule has 9 nitrogen and oxygen atoms in total. The Morgan fingerprint density at radius 2 is 1.71 bits per heavy atom. The SMILES string of the molecule is CC(C)(C)[Si](OC1COCC1(C#N)N1CC[C@H](c2cc3nc(Nc4cnn(C5CC5(F)F)c4Cl)ncc3cc2Cl)[C@@H](F)C1)(c1ccccc1)c1ccccc1. The van der Waals surface area contributed by atoms with E-state index >= 15 is 4.39 Å². The lowest BCUT2D eigenvalue weighted by molar-refractivity contribution is 0.00297. The van der Waals surface area contributed by atoms with Crippen molar-refractivity contribution in [2.24, 2.45) is 0 Å². The van der Waals surface area contributed by atoms with Gasteiger partial charge in [0.05, 0.1) is 36.7 Å². The van der Waals surface area contributed by atoms with Crippen LogP contribution in [0.2, 0.25) is 15.2 Å². The van der Waals surface area contributed by atoms with Crippen LogP contribution in [0.15, 0.2) is 85.2 Å². The highest BCUT2D eigenvalue weighted by Gasteiger charge is 2.60. The Morgan fingerprint density at radius 3 is 2.31 bits per heavy atom. The molecule has 2 aliphatic heterocycles. The number of piperidine rings is 1. The summed E-state index contributed by atoms with van der Waals surface area (Å²) in [7, 11) is -3.07. The quantitative estimate of drug-likeness (QED) is 0.151. The lowest BCUT2D eigenvalue weighted by atomic mass is 9.84. The Morgan fingerprint density at radius 1 is 1.04 bits per heavy atom. The molecular formula is C40H40Cl2F3N7O2Si. The van der Waals surface area contributed by atoms with Crippen molar-refractivity contribution < 1.29 is 22.3 Å². The number of alkyl halides is 3. The van der Waals surface area contributed by atoms with Crippen LogP contribution in [0.3, 0.4) is 0 Å². The topological polar surface area (TPSA) is 101 Å². The zero-order valence-corrected chi connectivity index (χ0v) is 33.0. The third-order valence-electron chi connectivity index (χ3n) is 11.3. The molecule has 5 atom stereocenters. The number of hydrogen-bond donors (Lipinski definition) is 1. The lowest BCUT2D eigenvalue weighted by Crippen LogP contribution is -2.71. The van der Waals surface area contributed by atoms with Gasteiger partial charge in [0, 0.05) is 42.0 Å². The minimum absolute atomic E-state index is 0.0182. The number of nitrogens with one attached hydrogen (secondary N) is 1. The Bertz CT molecular complexity index is 2220. The van der Waals surface area contributed by atoms with Gasteiger partial charge in [-0.25, -0.2) is 27.8 Å². The van der Waals surface area contributed by atoms with Gasteiger partial charge < -0.3 is 14.5 Å². The first-order valence-electron chi connectivity index (χ1n) is 18.3. The molecule has 4 heterocycles. The maximum Gasteiger partial charge on any atom is 0.272 e. The number of nitrogens with zero attached hydrogens (tertiary/aromatic N) is 6. The van der Waals surface area contributed by atoms with E-state index in [9.17, 15) is 14.0 Å². The molecule has 55 heavy (non-hydrogen) atoms. The van der Waals surface area contributed by atoms with Crippen molar-refractivity contribution >= 4 is 64.4 Å². The van der Waals surface area contributed by atoms with Crippen LogP contribution >= 0.6 is 23.2 Å². The van der Waals surface area contributed by atoms with E-state index < -0.39 is 44.0 Å². The molecule has 0 radical (unpaired) electrons. The fourth-order valence-electron chi connectivity index (χ4n) is 8.32. The zero-order valence-electron chi connectivity index (χ0n) is 30.5. The van der Waals surface area contributed by atoms with E-state index in [1.54, 1.807) is 18.3 Å². The number of anilines is 2. The van der Waals surface area contributed by atoms with Crippen LogP contribution in [-0.4, -0.2) is 83.0 Å². The standard InChI is InChI=1S/C40H40Cl2F3N7O2Si/c1-38(2,3)55(26-10-6-4-7-11-26,27-12-8-5-9-13-27)54-35-22-53-24-39(35,23-46)51-15-14-28(31(43)21-51)29-17-32-25(16-30(29)41)19-47-37(49-32)50-33-20-48-52(36(33)42)34-18-40(34,44)45/h4-13,16-17,19-20,28,31,34-35H,14-15,18,21-22,24H2,1-3H3,(H,47,49,50)/t28-,31+,34?,35?,39?/m1/s1. The van der Waals surface area contributed by atoms with E-state index in [0.29, 0.717) is 34.5 Å². The van der Waals surface area contributed by atoms with Crippen molar-refractivity contribution in [3.05, 3.63) is 101 Å². The second kappa shape index (κ2) is 14.2. The molecule has 3 aromatic carbocycles. The van der Waals surface area contributed by atoms with Gasteiger partial charge in [0.2, 0.25) is 5.95 Å². The molecule has 5 aromatic rings. The number of fused-ring (bicyclic) bond motifs is 1. The monoisotopic (exact) mass is 805 g/mol. The predicted molar refractivity (Wildman–Crippen MR) is 209 cm³/mol. The number of rotatable bonds is 9. The Hall–Kier alpha value is -4.03. The molecule has 2 saturated heterocycles. The highest BCUT2D eigenvalue weighted by atomic mass is 35.5. The molecular weight excluding hydrogens is 766 g/mol. The van der Waals surface area contributed by atoms with Gasteiger partial charge in [-0.3, -0.25) is 4.90 Å². The maximum atomic E-state index is 16.6. The number of halogens is 5. The molecule has 286 valence electrons. The van der Waals surface area contributed by atoms with E-state index in [1.807, 2.05) is 41.3 Å². The molecule has 3 aliphatic rings. The van der Waals surface area contributed by atoms with E-state index in [1.165, 1.54) is 6.20 Å². The van der Waals surface area contributed by atoms with Crippen molar-refractivity contribution in [1.29, 1.82) is 5.26 Å². The molecule has 2 aromatic heterocycles. The van der Waals surface area contributed by atoms with Gasteiger partial charge in [0.15, 0.2) is 10.7 Å². The fourth-order valence-corrected chi connectivity index (χ4v) is 13.6. The van der Waals surface area contributed by atoms with E-state index in [0.717, 1.165) is 15.1 Å². The second-order valence-electron chi connectivity index (χ2n) is 15.7. The average molecular weight is 807 g/mol. The zero-order chi connectivity index (χ0) is 38.8. The number of hydrogen-bond acceptors (Lipinski definition) is 8. The average Bonchev–Trinajstić information content (AvgIpc) is 3.43. The van der Waals surface area contributed by atoms with E-state index in [2.05, 4.69) is 71.5 Å². The van der Waals surface area contributed by atoms with Crippen molar-refractivity contribution in [2.45, 2.75) is 74.3 Å². The van der Waals surface area contributed by atoms with Gasteiger partial charge in [-0.2, -0.15) is 10.4 Å². The Kier molecular flexibility index (Phi) is 9.75. The summed E-state index contributed by atoms with van der Waals surface area (Å²) in [5, 5.41) is 20.9. The van der Waals surface area contributed by atoms with Crippen molar-refractivity contribution in [3.8, 4) is 6.07 Å². The molecule has 3 unspecified atom stereocenters. The minimum atomic E-state index is -3.07. The first-order valence-corrected chi connectivity index (χ1v) is 20.9. The molecule has 0 amide bonds. The van der Waals surface area contributed by atoms with Gasteiger partial charge in [0.1, 0.15) is 18.3 Å². The summed E-state index contributed by atoms with van der Waals surface area (Å²) in [6.07, 6.45) is 0.991. The molecule has 15 heteroatoms. The predicted octanol–water partition coefficient (Wildman–Crippen LogP) is 7.82. The molecule has 1 N–H and O–H groups in total. The van der Waals surface area contributed by atoms with Crippen LogP contribution in [0.5, 0.6) is 0 Å². The van der Waals surface area contributed by atoms with Crippen LogP contribution in [0.4, 0.5) is 24.8 Å². The summed E-state index contributed by atoms with van der Waals surface area (Å²) in [6.45, 7) is 7.26. The van der Waals surface area contributed by atoms with E-state index in [-0.39, 0.29) is 48.0 Å². The van der Waals surface area contributed by atoms with Crippen molar-refractivity contribution in [1.82, 2.24) is 24.6 Å². The van der Waals surface area contributed by atoms with E-state index in [4.69, 9.17) is 32.4 Å². The third-order valence-corrected chi connectivity index (χ3v) is 17.1. The van der Waals surface area contributed by atoms with Crippen LogP contribution in [-0.2, 0) is 9.16 Å². The summed E-state index contributed by atoms with van der Waals surface area (Å²) in [5.74, 6) is -3.24. The third kappa shape index (κ3) is 6.60. The van der Waals surface area contributed by atoms with Gasteiger partial charge >= 0.3 is 0 Å². The first kappa shape index (κ1) is 37.9. The number of aromatic nitrogens is 4. The first-order chi connectivity index (χ1) is 26.3. The number of benzene rings is 3. The van der Waals surface area contributed by atoms with Gasteiger partial charge in [-0.05, 0) is 39.5 Å². The summed E-state index contributed by atoms with van der Waals surface area (Å²) in [6, 6.07) is 25.4. The summed E-state index contributed by atoms with van der Waals surface area (Å²) < 4.78 is 58.6. The van der Waals surface area contributed by atoms with Crippen LogP contribution in [0.25, 0.3) is 10.9 Å². The number of likely N-dealkylation sites (tertiary alicyclic amines) is 1. The molecule has 0 bridgehead atoms. The van der Waals surface area contributed by atoms with Crippen LogP contribution in [0.1, 0.15) is 51.1 Å². The molecule has 8 rings (SSSR count). The normalized spacial score (nSPS) is 25.5. The van der Waals surface area contributed by atoms with Gasteiger partial charge in [-0.1, -0.05) is 105 Å². The fraction of sp³-hybridized carbons (Fsp3) is 0.400. The van der Waals surface area contributed by atoms with Crippen LogP contribution < -0.4 is 15.7 Å². The van der Waals surface area contributed by atoms with Crippen molar-refractivity contribution in [2.75, 3.05) is 31.6 Å². The summed E-state index contributed by atoms with van der Waals surface area (Å²) in [4.78, 5) is 10.9. The second-order valence-corrected chi connectivity index (χ2v) is 20.7. The smallest absolute Gasteiger partial charge is 0.272 e. The molecule has 1 aliphatic carbocycles. The summed E-state index contributed by atoms with van der Waals surface area (Å²) in [5.41, 5.74) is 0.184. The number of ether oxygens (including phenoxy) is 1. The molecule has 3 fully saturated rings. The highest BCUT2D eigenvalue weighted by Crippen LogP contribution is 2.53. The number of nitriles is 1. The molecule has 1 saturated carbocycles. The molecule has 0 spiro atoms. The van der Waals surface area contributed by atoms with Crippen LogP contribution in [0, 0.1) is 11.3 Å². The maximum absolute atomic E-state index is 16.6. The Balaban J connectivity index is 1.05. The van der Waals surface area contributed by atoms with Gasteiger partial charge in [-0.15, -0.1) is 0 Å². The van der Waals surface area contributed by atoms with Gasteiger partial charge in [0.25, 0.3) is 14.2 Å². The van der Waals surface area contributed by atoms with Crippen molar-refractivity contribution in [3.63, 3.8) is 0 Å². The Labute approximate surface area is 328 Å². The highest BCUT2D eigenvalue weighted by molar-refractivity contribution is 6.99. The lowest BCUT2D eigenvalue weighted by Gasteiger charge is -2.49.